The molecule has 1 unspecified atom stereocenters. The van der Waals surface area contributed by atoms with E-state index >= 15 is 0 Å². The molecule has 0 aromatic carbocycles. The van der Waals surface area contributed by atoms with Crippen molar-refractivity contribution < 1.29 is 24.3 Å². The van der Waals surface area contributed by atoms with E-state index in [4.69, 9.17) is 14.9 Å². The van der Waals surface area contributed by atoms with Gasteiger partial charge in [0, 0.05) is 19.2 Å². The van der Waals surface area contributed by atoms with Crippen molar-refractivity contribution in [3.05, 3.63) is 18.2 Å². The third kappa shape index (κ3) is 5.60. The second kappa shape index (κ2) is 5.92. The van der Waals surface area contributed by atoms with Gasteiger partial charge < -0.3 is 25.2 Å². The van der Waals surface area contributed by atoms with Crippen LogP contribution in [0.15, 0.2) is 12.5 Å². The van der Waals surface area contributed by atoms with E-state index in [1.165, 1.54) is 6.33 Å². The number of aliphatic carboxylic acids is 1. The van der Waals surface area contributed by atoms with Crippen LogP contribution in [-0.2, 0) is 15.8 Å². The highest BCUT2D eigenvalue weighted by molar-refractivity contribution is 7.51. The molecule has 0 aliphatic carbocycles. The number of nitrogens with one attached hydrogen (secondary N) is 2. The Morgan fingerprint density at radius 1 is 1.59 bits per heavy atom. The monoisotopic (exact) mass is 263 g/mol. The summed E-state index contributed by atoms with van der Waals surface area (Å²) in [6.45, 7) is -0.0638. The third-order valence-corrected chi connectivity index (χ3v) is 2.87. The molecule has 1 aromatic heterocycles. The van der Waals surface area contributed by atoms with Crippen LogP contribution in [0.4, 0.5) is 0 Å². The maximum Gasteiger partial charge on any atom is 0.326 e. The maximum absolute atomic E-state index is 10.9. The summed E-state index contributed by atoms with van der Waals surface area (Å²) in [5.74, 6) is -1.08. The van der Waals surface area contributed by atoms with Crippen molar-refractivity contribution >= 4 is 13.6 Å². The molecule has 0 saturated carbocycles. The zero-order chi connectivity index (χ0) is 12.9. The molecule has 5 N–H and O–H groups in total. The largest absolute Gasteiger partial charge is 0.480 e. The quantitative estimate of drug-likeness (QED) is 0.405. The van der Waals surface area contributed by atoms with Crippen LogP contribution < -0.4 is 5.32 Å². The van der Waals surface area contributed by atoms with Crippen molar-refractivity contribution in [1.82, 2.24) is 15.3 Å². The number of nitrogens with zero attached hydrogens (tertiary/aromatic N) is 1. The average molecular weight is 263 g/mol. The lowest BCUT2D eigenvalue weighted by Crippen LogP contribution is -2.40. The molecular formula is C8H14N3O5P. The SMILES string of the molecule is O=C(O)C(Cc1c[nH]cn1)NCCP(=O)(O)O. The molecule has 0 saturated heterocycles. The van der Waals surface area contributed by atoms with Crippen molar-refractivity contribution in [2.45, 2.75) is 12.5 Å². The van der Waals surface area contributed by atoms with Gasteiger partial charge in [-0.25, -0.2) is 4.98 Å². The van der Waals surface area contributed by atoms with Gasteiger partial charge in [0.05, 0.1) is 18.2 Å². The van der Waals surface area contributed by atoms with E-state index < -0.39 is 25.8 Å². The molecule has 9 heteroatoms. The van der Waals surface area contributed by atoms with Gasteiger partial charge in [-0.2, -0.15) is 0 Å². The number of imidazole rings is 1. The smallest absolute Gasteiger partial charge is 0.326 e. The summed E-state index contributed by atoms with van der Waals surface area (Å²) in [6, 6.07) is -0.912. The van der Waals surface area contributed by atoms with Crippen LogP contribution in [0.3, 0.4) is 0 Å². The second-order valence-corrected chi connectivity index (χ2v) is 5.27. The standard InChI is InChI=1S/C8H14N3O5P/c12-8(13)7(3-6-4-9-5-11-6)10-1-2-17(14,15)16/h4-5,7,10H,1-3H2,(H,9,11)(H,12,13)(H2,14,15,16). The van der Waals surface area contributed by atoms with Crippen LogP contribution in [0.1, 0.15) is 5.69 Å². The molecule has 1 rings (SSSR count). The zero-order valence-corrected chi connectivity index (χ0v) is 9.80. The summed E-state index contributed by atoms with van der Waals surface area (Å²) in [5, 5.41) is 11.5. The van der Waals surface area contributed by atoms with Gasteiger partial charge in [0.1, 0.15) is 6.04 Å². The van der Waals surface area contributed by atoms with Gasteiger partial charge in [-0.3, -0.25) is 9.36 Å². The van der Waals surface area contributed by atoms with Gasteiger partial charge in [0.15, 0.2) is 0 Å². The first-order valence-corrected chi connectivity index (χ1v) is 6.66. The predicted octanol–water partition coefficient (Wildman–Crippen LogP) is -0.827. The fraction of sp³-hybridized carbons (Fsp3) is 0.500. The molecule has 17 heavy (non-hydrogen) atoms. The first-order valence-electron chi connectivity index (χ1n) is 4.87. The minimum atomic E-state index is -4.10. The molecule has 8 nitrogen and oxygen atoms in total. The molecule has 1 heterocycles. The Kier molecular flexibility index (Phi) is 4.83. The zero-order valence-electron chi connectivity index (χ0n) is 8.91. The summed E-state index contributed by atoms with van der Waals surface area (Å²) in [5.41, 5.74) is 0.570. The lowest BCUT2D eigenvalue weighted by atomic mass is 10.1. The lowest BCUT2D eigenvalue weighted by Gasteiger charge is -2.13. The fourth-order valence-electron chi connectivity index (χ4n) is 1.24. The van der Waals surface area contributed by atoms with Gasteiger partial charge in [-0.1, -0.05) is 0 Å². The van der Waals surface area contributed by atoms with Crippen molar-refractivity contribution in [2.24, 2.45) is 0 Å². The van der Waals surface area contributed by atoms with Crippen LogP contribution in [-0.4, -0.2) is 49.6 Å². The van der Waals surface area contributed by atoms with E-state index in [2.05, 4.69) is 15.3 Å². The normalized spacial score (nSPS) is 13.5. The number of carboxylic acids is 1. The number of rotatable bonds is 7. The van der Waals surface area contributed by atoms with Crippen LogP contribution in [0.2, 0.25) is 0 Å². The second-order valence-electron chi connectivity index (χ2n) is 3.50. The highest BCUT2D eigenvalue weighted by atomic mass is 31.2. The molecule has 0 fully saturated rings. The van der Waals surface area contributed by atoms with Gasteiger partial charge in [-0.05, 0) is 0 Å². The number of carboxylic acid groups (broad SMARTS) is 1. The van der Waals surface area contributed by atoms with Crippen molar-refractivity contribution in [2.75, 3.05) is 12.7 Å². The summed E-state index contributed by atoms with van der Waals surface area (Å²) in [4.78, 5) is 34.7. The van der Waals surface area contributed by atoms with Crippen LogP contribution in [0.25, 0.3) is 0 Å². The molecule has 0 aliphatic rings. The van der Waals surface area contributed by atoms with Crippen LogP contribution in [0.5, 0.6) is 0 Å². The molecule has 0 aliphatic heterocycles. The van der Waals surface area contributed by atoms with E-state index in [0.717, 1.165) is 0 Å². The Morgan fingerprint density at radius 2 is 2.29 bits per heavy atom. The summed E-state index contributed by atoms with van der Waals surface area (Å²) in [7, 11) is -4.10. The minimum absolute atomic E-state index is 0.0638. The van der Waals surface area contributed by atoms with Crippen LogP contribution >= 0.6 is 7.60 Å². The Bertz CT molecular complexity index is 401. The highest BCUT2D eigenvalue weighted by Crippen LogP contribution is 2.32. The molecule has 0 radical (unpaired) electrons. The predicted molar refractivity (Wildman–Crippen MR) is 58.6 cm³/mol. The van der Waals surface area contributed by atoms with Crippen LogP contribution in [0, 0.1) is 0 Å². The number of carbonyl (C=O) groups is 1. The van der Waals surface area contributed by atoms with Gasteiger partial charge >= 0.3 is 13.6 Å². The third-order valence-electron chi connectivity index (χ3n) is 2.06. The van der Waals surface area contributed by atoms with Crippen molar-refractivity contribution in [3.63, 3.8) is 0 Å². The number of aromatic amines is 1. The Labute approximate surface area is 97.2 Å². The van der Waals surface area contributed by atoms with E-state index in [-0.39, 0.29) is 13.0 Å². The van der Waals surface area contributed by atoms with Gasteiger partial charge in [0.2, 0.25) is 0 Å². The van der Waals surface area contributed by atoms with Crippen molar-refractivity contribution in [1.29, 1.82) is 0 Å². The Balaban J connectivity index is 2.44. The Morgan fingerprint density at radius 3 is 2.76 bits per heavy atom. The molecular weight excluding hydrogens is 249 g/mol. The molecule has 0 bridgehead atoms. The first kappa shape index (κ1) is 13.9. The molecule has 1 atom stereocenters. The van der Waals surface area contributed by atoms with E-state index in [0.29, 0.717) is 5.69 Å². The number of hydrogen-bond donors (Lipinski definition) is 5. The van der Waals surface area contributed by atoms with E-state index in [1.807, 2.05) is 0 Å². The van der Waals surface area contributed by atoms with Crippen molar-refractivity contribution in [3.8, 4) is 0 Å². The first-order chi connectivity index (χ1) is 7.88. The maximum atomic E-state index is 10.9. The van der Waals surface area contributed by atoms with Gasteiger partial charge in [-0.15, -0.1) is 0 Å². The topological polar surface area (TPSA) is 136 Å². The number of hydrogen-bond acceptors (Lipinski definition) is 4. The fourth-order valence-corrected chi connectivity index (χ4v) is 1.66. The molecule has 0 spiro atoms. The highest BCUT2D eigenvalue weighted by Gasteiger charge is 2.20. The van der Waals surface area contributed by atoms with E-state index in [1.54, 1.807) is 6.20 Å². The minimum Gasteiger partial charge on any atom is -0.480 e. The Hall–Kier alpha value is -1.21. The summed E-state index contributed by atoms with van der Waals surface area (Å²) >= 11 is 0. The molecule has 1 aromatic rings. The number of H-pyrrole nitrogens is 1. The molecule has 96 valence electrons. The number of aromatic nitrogens is 2. The summed E-state index contributed by atoms with van der Waals surface area (Å²) < 4.78 is 10.6. The van der Waals surface area contributed by atoms with Gasteiger partial charge in [0.25, 0.3) is 0 Å². The lowest BCUT2D eigenvalue weighted by molar-refractivity contribution is -0.139. The van der Waals surface area contributed by atoms with E-state index in [9.17, 15) is 9.36 Å². The molecule has 0 amide bonds. The summed E-state index contributed by atoms with van der Waals surface area (Å²) in [6.07, 6.45) is 2.77. The average Bonchev–Trinajstić information content (AvgIpc) is 2.66.